The fraction of sp³-hybridized carbons (Fsp3) is 0. The van der Waals surface area contributed by atoms with Gasteiger partial charge in [-0.15, -0.1) is 0 Å². The highest BCUT2D eigenvalue weighted by Gasteiger charge is 2.16. The Balaban J connectivity index is 1.04. The Morgan fingerprint density at radius 1 is 0.218 bits per heavy atom. The maximum Gasteiger partial charge on any atom is 0.0468 e. The Morgan fingerprint density at radius 3 is 1.44 bits per heavy atom. The highest BCUT2D eigenvalue weighted by molar-refractivity contribution is 6.27. The number of anilines is 3. The first-order chi connectivity index (χ1) is 27.2. The molecule has 11 rings (SSSR count). The third-order valence-electron chi connectivity index (χ3n) is 11.4. The molecule has 0 heterocycles. The van der Waals surface area contributed by atoms with Crippen LogP contribution in [-0.4, -0.2) is 0 Å². The van der Waals surface area contributed by atoms with Gasteiger partial charge in [-0.3, -0.25) is 0 Å². The van der Waals surface area contributed by atoms with Crippen molar-refractivity contribution in [3.8, 4) is 22.3 Å². The Morgan fingerprint density at radius 2 is 0.691 bits per heavy atom. The number of nitrogens with zero attached hydrogens (tertiary/aromatic N) is 1. The lowest BCUT2D eigenvalue weighted by Crippen LogP contribution is -2.10. The summed E-state index contributed by atoms with van der Waals surface area (Å²) in [5.74, 6) is 0. The summed E-state index contributed by atoms with van der Waals surface area (Å²) in [5.41, 5.74) is 8.14. The number of rotatable bonds is 5. The highest BCUT2D eigenvalue weighted by Crippen LogP contribution is 2.41. The van der Waals surface area contributed by atoms with Crippen LogP contribution in [0.2, 0.25) is 0 Å². The van der Waals surface area contributed by atoms with E-state index in [9.17, 15) is 0 Å². The molecule has 0 aliphatic carbocycles. The Labute approximate surface area is 320 Å². The van der Waals surface area contributed by atoms with Gasteiger partial charge in [-0.2, -0.15) is 0 Å². The van der Waals surface area contributed by atoms with Crippen LogP contribution in [-0.2, 0) is 0 Å². The molecule has 0 unspecified atom stereocenters. The summed E-state index contributed by atoms with van der Waals surface area (Å²) in [6, 6.07) is 77.8. The lowest BCUT2D eigenvalue weighted by molar-refractivity contribution is 1.29. The number of hydrogen-bond donors (Lipinski definition) is 0. The van der Waals surface area contributed by atoms with Crippen LogP contribution in [0.1, 0.15) is 0 Å². The van der Waals surface area contributed by atoms with Gasteiger partial charge < -0.3 is 4.90 Å². The molecular formula is C54H35N. The van der Waals surface area contributed by atoms with Crippen molar-refractivity contribution in [2.45, 2.75) is 0 Å². The highest BCUT2D eigenvalue weighted by atomic mass is 15.1. The molecule has 0 amide bonds. The lowest BCUT2D eigenvalue weighted by atomic mass is 9.92. The van der Waals surface area contributed by atoms with Crippen LogP contribution in [0.5, 0.6) is 0 Å². The van der Waals surface area contributed by atoms with Gasteiger partial charge in [-0.05, 0) is 129 Å². The van der Waals surface area contributed by atoms with Gasteiger partial charge in [0.05, 0.1) is 0 Å². The van der Waals surface area contributed by atoms with E-state index >= 15 is 0 Å². The molecule has 0 fully saturated rings. The van der Waals surface area contributed by atoms with E-state index in [2.05, 4.69) is 217 Å². The molecule has 0 aromatic heterocycles. The SMILES string of the molecule is c1ccc(-c2cccc(N(c3ccc(-c4ccc5c(ccc6ccc7ccc8ccccc8c7c65)c4)cc3)c3ccc4ccc5ccccc5c4c3)c2)cc1. The Bertz CT molecular complexity index is 3250. The third-order valence-corrected chi connectivity index (χ3v) is 11.4. The summed E-state index contributed by atoms with van der Waals surface area (Å²) in [7, 11) is 0. The first-order valence-corrected chi connectivity index (χ1v) is 19.0. The van der Waals surface area contributed by atoms with Gasteiger partial charge in [-0.1, -0.05) is 170 Å². The molecule has 0 bridgehead atoms. The van der Waals surface area contributed by atoms with Crippen LogP contribution < -0.4 is 4.90 Å². The smallest absolute Gasteiger partial charge is 0.0468 e. The molecule has 0 saturated heterocycles. The second-order valence-electron chi connectivity index (χ2n) is 14.5. The molecule has 0 saturated carbocycles. The van der Waals surface area contributed by atoms with Crippen molar-refractivity contribution in [2.24, 2.45) is 0 Å². The van der Waals surface area contributed by atoms with Gasteiger partial charge >= 0.3 is 0 Å². The third kappa shape index (κ3) is 5.32. The van der Waals surface area contributed by atoms with Crippen LogP contribution >= 0.6 is 0 Å². The van der Waals surface area contributed by atoms with E-state index in [1.165, 1.54) is 86.9 Å². The summed E-state index contributed by atoms with van der Waals surface area (Å²) in [6.45, 7) is 0. The average Bonchev–Trinajstić information content (AvgIpc) is 3.26. The predicted molar refractivity (Wildman–Crippen MR) is 237 cm³/mol. The second-order valence-corrected chi connectivity index (χ2v) is 14.5. The first kappa shape index (κ1) is 31.3. The summed E-state index contributed by atoms with van der Waals surface area (Å²) >= 11 is 0. The largest absolute Gasteiger partial charge is 0.310 e. The van der Waals surface area contributed by atoms with Gasteiger partial charge in [0, 0.05) is 17.1 Å². The average molecular weight is 698 g/mol. The topological polar surface area (TPSA) is 3.24 Å². The quantitative estimate of drug-likeness (QED) is 0.162. The predicted octanol–water partition coefficient (Wildman–Crippen LogP) is 15.4. The molecule has 0 aliphatic heterocycles. The monoisotopic (exact) mass is 697 g/mol. The number of hydrogen-bond acceptors (Lipinski definition) is 1. The van der Waals surface area contributed by atoms with E-state index < -0.39 is 0 Å². The molecule has 0 aliphatic rings. The summed E-state index contributed by atoms with van der Waals surface area (Å²) in [6.07, 6.45) is 0. The summed E-state index contributed by atoms with van der Waals surface area (Å²) in [5, 5.41) is 15.3. The first-order valence-electron chi connectivity index (χ1n) is 19.0. The van der Waals surface area contributed by atoms with Crippen LogP contribution in [0, 0.1) is 0 Å². The van der Waals surface area contributed by atoms with Crippen molar-refractivity contribution >= 4 is 81.7 Å². The molecule has 256 valence electrons. The van der Waals surface area contributed by atoms with Gasteiger partial charge in [0.2, 0.25) is 0 Å². The van der Waals surface area contributed by atoms with Gasteiger partial charge in [-0.25, -0.2) is 0 Å². The van der Waals surface area contributed by atoms with E-state index in [4.69, 9.17) is 0 Å². The van der Waals surface area contributed by atoms with Crippen LogP contribution in [0.4, 0.5) is 17.1 Å². The number of benzene rings is 11. The molecule has 0 N–H and O–H groups in total. The molecule has 0 spiro atoms. The fourth-order valence-corrected chi connectivity index (χ4v) is 8.66. The van der Waals surface area contributed by atoms with Crippen LogP contribution in [0.3, 0.4) is 0 Å². The van der Waals surface area contributed by atoms with Gasteiger partial charge in [0.15, 0.2) is 0 Å². The lowest BCUT2D eigenvalue weighted by Gasteiger charge is -2.27. The Kier molecular flexibility index (Phi) is 7.25. The minimum Gasteiger partial charge on any atom is -0.310 e. The van der Waals surface area contributed by atoms with E-state index in [1.54, 1.807) is 0 Å². The molecule has 55 heavy (non-hydrogen) atoms. The maximum atomic E-state index is 2.39. The van der Waals surface area contributed by atoms with E-state index in [0.29, 0.717) is 0 Å². The molecule has 11 aromatic rings. The van der Waals surface area contributed by atoms with Crippen molar-refractivity contribution in [3.63, 3.8) is 0 Å². The molecule has 1 nitrogen and oxygen atoms in total. The normalized spacial score (nSPS) is 11.6. The maximum absolute atomic E-state index is 2.39. The molecule has 0 radical (unpaired) electrons. The van der Waals surface area contributed by atoms with E-state index in [0.717, 1.165) is 17.1 Å². The molecule has 11 aromatic carbocycles. The zero-order chi connectivity index (χ0) is 36.3. The van der Waals surface area contributed by atoms with Gasteiger partial charge in [0.25, 0.3) is 0 Å². The van der Waals surface area contributed by atoms with Crippen molar-refractivity contribution in [2.75, 3.05) is 4.90 Å². The summed E-state index contributed by atoms with van der Waals surface area (Å²) < 4.78 is 0. The Hall–Kier alpha value is -7.22. The zero-order valence-corrected chi connectivity index (χ0v) is 30.2. The minimum atomic E-state index is 1.11. The van der Waals surface area contributed by atoms with E-state index in [1.807, 2.05) is 0 Å². The summed E-state index contributed by atoms with van der Waals surface area (Å²) in [4.78, 5) is 2.39. The molecule has 1 heteroatoms. The van der Waals surface area contributed by atoms with Crippen molar-refractivity contribution in [1.82, 2.24) is 0 Å². The number of fused-ring (bicyclic) bond motifs is 10. The fourth-order valence-electron chi connectivity index (χ4n) is 8.66. The zero-order valence-electron chi connectivity index (χ0n) is 30.2. The standard InChI is InChI=1S/C54H35N/c1-2-9-36(10-3-1)43-13-8-14-47(34-43)55(48-31-27-40-18-17-38-11-4-6-15-49(38)52(40)35-48)46-29-25-37(26-30-46)44-28-32-51-45(33-44)24-23-42-22-21-41-20-19-39-12-5-7-16-50(39)53(41)54(42)51/h1-35H. The molecular weight excluding hydrogens is 663 g/mol. The van der Waals surface area contributed by atoms with Gasteiger partial charge in [0.1, 0.15) is 0 Å². The minimum absolute atomic E-state index is 1.11. The van der Waals surface area contributed by atoms with Crippen molar-refractivity contribution in [1.29, 1.82) is 0 Å². The van der Waals surface area contributed by atoms with Crippen LogP contribution in [0.15, 0.2) is 212 Å². The second kappa shape index (κ2) is 12.7. The van der Waals surface area contributed by atoms with Crippen LogP contribution in [0.25, 0.3) is 86.9 Å². The van der Waals surface area contributed by atoms with Crippen molar-refractivity contribution < 1.29 is 0 Å². The van der Waals surface area contributed by atoms with Crippen molar-refractivity contribution in [3.05, 3.63) is 212 Å². The van der Waals surface area contributed by atoms with E-state index in [-0.39, 0.29) is 0 Å². The molecule has 0 atom stereocenters.